The van der Waals surface area contributed by atoms with E-state index in [2.05, 4.69) is 5.32 Å². The molecule has 2 aromatic carbocycles. The van der Waals surface area contributed by atoms with Crippen LogP contribution < -0.4 is 5.32 Å². The van der Waals surface area contributed by atoms with E-state index in [0.717, 1.165) is 16.7 Å². The number of fused-ring (bicyclic) bond motifs is 3. The number of nitrogens with zero attached hydrogens (tertiary/aromatic N) is 1. The largest absolute Gasteiger partial charge is 0.348 e. The molecule has 4 rings (SSSR count). The van der Waals surface area contributed by atoms with E-state index in [9.17, 15) is 9.59 Å². The summed E-state index contributed by atoms with van der Waals surface area (Å²) < 4.78 is 0. The van der Waals surface area contributed by atoms with Gasteiger partial charge in [0, 0.05) is 11.3 Å². The van der Waals surface area contributed by atoms with Crippen LogP contribution >= 0.6 is 11.8 Å². The molecule has 1 saturated heterocycles. The molecule has 0 bridgehead atoms. The number of thioether (sulfide) groups is 1. The van der Waals surface area contributed by atoms with Gasteiger partial charge in [-0.15, -0.1) is 11.8 Å². The fourth-order valence-electron chi connectivity index (χ4n) is 3.38. The van der Waals surface area contributed by atoms with Crippen molar-refractivity contribution in [2.45, 2.75) is 24.4 Å². The molecule has 3 atom stereocenters. The third-order valence-corrected chi connectivity index (χ3v) is 5.96. The first-order valence-electron chi connectivity index (χ1n) is 8.05. The SMILES string of the molecule is CC(NC(=O)C1CSC2c3ccccc3C(=O)N12)c1ccccc1. The van der Waals surface area contributed by atoms with E-state index in [0.29, 0.717) is 5.75 Å². The molecule has 0 spiro atoms. The summed E-state index contributed by atoms with van der Waals surface area (Å²) in [6, 6.07) is 17.0. The minimum Gasteiger partial charge on any atom is -0.348 e. The van der Waals surface area contributed by atoms with Gasteiger partial charge in [0.05, 0.1) is 6.04 Å². The molecule has 2 heterocycles. The number of hydrogen-bond donors (Lipinski definition) is 1. The summed E-state index contributed by atoms with van der Waals surface area (Å²) in [5.41, 5.74) is 2.81. The van der Waals surface area contributed by atoms with E-state index in [1.807, 2.05) is 61.5 Å². The maximum Gasteiger partial charge on any atom is 0.256 e. The van der Waals surface area contributed by atoms with Crippen molar-refractivity contribution in [2.75, 3.05) is 5.75 Å². The van der Waals surface area contributed by atoms with Crippen LogP contribution in [0, 0.1) is 0 Å². The Balaban J connectivity index is 1.52. The third-order valence-electron chi connectivity index (χ3n) is 4.65. The lowest BCUT2D eigenvalue weighted by Crippen LogP contribution is -2.46. The van der Waals surface area contributed by atoms with Crippen LogP contribution in [0.2, 0.25) is 0 Å². The lowest BCUT2D eigenvalue weighted by molar-refractivity contribution is -0.125. The molecule has 5 heteroatoms. The van der Waals surface area contributed by atoms with Gasteiger partial charge in [-0.3, -0.25) is 9.59 Å². The van der Waals surface area contributed by atoms with Crippen LogP contribution in [0.25, 0.3) is 0 Å². The molecule has 0 saturated carbocycles. The Kier molecular flexibility index (Phi) is 3.81. The van der Waals surface area contributed by atoms with E-state index >= 15 is 0 Å². The van der Waals surface area contributed by atoms with Crippen LogP contribution in [-0.2, 0) is 4.79 Å². The van der Waals surface area contributed by atoms with Gasteiger partial charge >= 0.3 is 0 Å². The lowest BCUT2D eigenvalue weighted by atomic mass is 10.1. The average Bonchev–Trinajstić information content (AvgIpc) is 3.17. The smallest absolute Gasteiger partial charge is 0.256 e. The first-order valence-corrected chi connectivity index (χ1v) is 9.10. The average molecular weight is 338 g/mol. The van der Waals surface area contributed by atoms with Crippen LogP contribution in [-0.4, -0.2) is 28.5 Å². The molecule has 0 radical (unpaired) electrons. The van der Waals surface area contributed by atoms with E-state index in [1.165, 1.54) is 0 Å². The van der Waals surface area contributed by atoms with Gasteiger partial charge < -0.3 is 10.2 Å². The molecule has 0 aromatic heterocycles. The molecule has 2 aromatic rings. The Bertz CT molecular complexity index is 793. The summed E-state index contributed by atoms with van der Waals surface area (Å²) in [5.74, 6) is 0.522. The van der Waals surface area contributed by atoms with Gasteiger partial charge in [-0.2, -0.15) is 0 Å². The van der Waals surface area contributed by atoms with Crippen molar-refractivity contribution in [2.24, 2.45) is 0 Å². The zero-order valence-corrected chi connectivity index (χ0v) is 14.1. The molecule has 3 unspecified atom stereocenters. The normalized spacial score (nSPS) is 22.9. The fraction of sp³-hybridized carbons (Fsp3) is 0.263. The summed E-state index contributed by atoms with van der Waals surface area (Å²) in [6.07, 6.45) is 0. The standard InChI is InChI=1S/C19H18N2O2S/c1-12(13-7-3-2-4-8-13)20-17(22)16-11-24-19-15-10-6-5-9-14(15)18(23)21(16)19/h2-10,12,16,19H,11H2,1H3,(H,20,22). The minimum atomic E-state index is -0.411. The highest BCUT2D eigenvalue weighted by Gasteiger charge is 2.48. The Morgan fingerprint density at radius 1 is 1.17 bits per heavy atom. The number of carbonyl (C=O) groups excluding carboxylic acids is 2. The second kappa shape index (κ2) is 5.98. The molecule has 24 heavy (non-hydrogen) atoms. The highest BCUT2D eigenvalue weighted by atomic mass is 32.2. The van der Waals surface area contributed by atoms with Crippen LogP contribution in [0.1, 0.15) is 39.8 Å². The quantitative estimate of drug-likeness (QED) is 0.935. The number of amides is 2. The highest BCUT2D eigenvalue weighted by molar-refractivity contribution is 7.99. The predicted octanol–water partition coefficient (Wildman–Crippen LogP) is 3.13. The lowest BCUT2D eigenvalue weighted by Gasteiger charge is -2.24. The second-order valence-corrected chi connectivity index (χ2v) is 7.26. The van der Waals surface area contributed by atoms with Crippen LogP contribution in [0.15, 0.2) is 54.6 Å². The molecule has 1 N–H and O–H groups in total. The Morgan fingerprint density at radius 2 is 1.88 bits per heavy atom. The molecule has 0 aliphatic carbocycles. The van der Waals surface area contributed by atoms with Gasteiger partial charge in [0.15, 0.2) is 0 Å². The van der Waals surface area contributed by atoms with Crippen molar-refractivity contribution in [3.05, 3.63) is 71.3 Å². The van der Waals surface area contributed by atoms with Crippen LogP contribution in [0.3, 0.4) is 0 Å². The molecular formula is C19H18N2O2S. The Morgan fingerprint density at radius 3 is 2.67 bits per heavy atom. The number of nitrogens with one attached hydrogen (secondary N) is 1. The first-order chi connectivity index (χ1) is 11.7. The molecule has 1 fully saturated rings. The maximum atomic E-state index is 12.7. The van der Waals surface area contributed by atoms with Gasteiger partial charge in [-0.25, -0.2) is 0 Å². The number of carbonyl (C=O) groups is 2. The summed E-state index contributed by atoms with van der Waals surface area (Å²) in [5, 5.41) is 3.02. The molecule has 4 nitrogen and oxygen atoms in total. The minimum absolute atomic E-state index is 0.0310. The Hall–Kier alpha value is -2.27. The zero-order valence-electron chi connectivity index (χ0n) is 13.3. The second-order valence-electron chi connectivity index (χ2n) is 6.14. The van der Waals surface area contributed by atoms with Gasteiger partial charge in [0.2, 0.25) is 5.91 Å². The number of hydrogen-bond acceptors (Lipinski definition) is 3. The fourth-order valence-corrected chi connectivity index (χ4v) is 4.84. The molecule has 122 valence electrons. The van der Waals surface area contributed by atoms with E-state index in [-0.39, 0.29) is 23.2 Å². The van der Waals surface area contributed by atoms with Gasteiger partial charge in [0.1, 0.15) is 11.4 Å². The van der Waals surface area contributed by atoms with Gasteiger partial charge in [-0.1, -0.05) is 48.5 Å². The van der Waals surface area contributed by atoms with Crippen molar-refractivity contribution in [1.29, 1.82) is 0 Å². The molecule has 2 aliphatic rings. The Labute approximate surface area is 145 Å². The molecule has 2 amide bonds. The van der Waals surface area contributed by atoms with Crippen molar-refractivity contribution >= 4 is 23.6 Å². The number of rotatable bonds is 3. The highest BCUT2D eigenvalue weighted by Crippen LogP contribution is 2.48. The van der Waals surface area contributed by atoms with Gasteiger partial charge in [-0.05, 0) is 24.1 Å². The zero-order chi connectivity index (χ0) is 16.7. The van der Waals surface area contributed by atoms with E-state index in [1.54, 1.807) is 16.7 Å². The topological polar surface area (TPSA) is 49.4 Å². The third kappa shape index (κ3) is 2.40. The van der Waals surface area contributed by atoms with Gasteiger partial charge in [0.25, 0.3) is 5.91 Å². The summed E-state index contributed by atoms with van der Waals surface area (Å²) >= 11 is 1.66. The van der Waals surface area contributed by atoms with Crippen LogP contribution in [0.4, 0.5) is 0 Å². The first kappa shape index (κ1) is 15.3. The molecule has 2 aliphatic heterocycles. The monoisotopic (exact) mass is 338 g/mol. The van der Waals surface area contributed by atoms with Crippen molar-refractivity contribution in [1.82, 2.24) is 10.2 Å². The number of benzene rings is 2. The van der Waals surface area contributed by atoms with E-state index < -0.39 is 6.04 Å². The van der Waals surface area contributed by atoms with Crippen molar-refractivity contribution < 1.29 is 9.59 Å². The van der Waals surface area contributed by atoms with Crippen molar-refractivity contribution in [3.63, 3.8) is 0 Å². The van der Waals surface area contributed by atoms with Crippen LogP contribution in [0.5, 0.6) is 0 Å². The van der Waals surface area contributed by atoms with Crippen molar-refractivity contribution in [3.8, 4) is 0 Å². The summed E-state index contributed by atoms with van der Waals surface area (Å²) in [7, 11) is 0. The predicted molar refractivity (Wildman–Crippen MR) is 94.6 cm³/mol. The summed E-state index contributed by atoms with van der Waals surface area (Å²) in [4.78, 5) is 27.2. The van der Waals surface area contributed by atoms with E-state index in [4.69, 9.17) is 0 Å². The molecular weight excluding hydrogens is 320 g/mol. The summed E-state index contributed by atoms with van der Waals surface area (Å²) in [6.45, 7) is 1.97. The maximum absolute atomic E-state index is 12.7.